The van der Waals surface area contributed by atoms with Crippen LogP contribution >= 0.6 is 0 Å². The number of alkyl halides is 2. The zero-order valence-electron chi connectivity index (χ0n) is 22.6. The van der Waals surface area contributed by atoms with Crippen molar-refractivity contribution in [2.75, 3.05) is 39.4 Å². The van der Waals surface area contributed by atoms with E-state index in [9.17, 15) is 23.5 Å². The van der Waals surface area contributed by atoms with Crippen LogP contribution < -0.4 is 5.32 Å². The van der Waals surface area contributed by atoms with E-state index in [1.807, 2.05) is 32.6 Å². The minimum atomic E-state index is -2.61. The second-order valence-electron chi connectivity index (χ2n) is 12.4. The number of nitrogens with zero attached hydrogens (tertiary/aromatic N) is 2. The molecular weight excluding hydrogens is 468 g/mol. The van der Waals surface area contributed by atoms with Gasteiger partial charge in [0.1, 0.15) is 0 Å². The lowest BCUT2D eigenvalue weighted by molar-refractivity contribution is -0.137. The molecule has 0 unspecified atom stereocenters. The van der Waals surface area contributed by atoms with Gasteiger partial charge in [-0.2, -0.15) is 0 Å². The molecule has 0 spiro atoms. The molecule has 1 aliphatic carbocycles. The van der Waals surface area contributed by atoms with Crippen LogP contribution in [0.1, 0.15) is 79.1 Å². The molecule has 0 bridgehead atoms. The largest absolute Gasteiger partial charge is 0.391 e. The van der Waals surface area contributed by atoms with Crippen molar-refractivity contribution in [3.63, 3.8) is 0 Å². The smallest absolute Gasteiger partial charge is 0.317 e. The third-order valence-corrected chi connectivity index (χ3v) is 8.33. The molecule has 0 aromatic rings. The first-order chi connectivity index (χ1) is 16.9. The van der Waals surface area contributed by atoms with Gasteiger partial charge < -0.3 is 25.0 Å². The van der Waals surface area contributed by atoms with E-state index in [4.69, 9.17) is 4.74 Å². The molecule has 0 radical (unpaired) electrons. The van der Waals surface area contributed by atoms with Gasteiger partial charge in [-0.15, -0.1) is 0 Å². The second kappa shape index (κ2) is 12.4. The number of hydrogen-bond donors (Lipinski definition) is 2. The molecule has 3 rings (SSSR count). The summed E-state index contributed by atoms with van der Waals surface area (Å²) in [6.45, 7) is 10.5. The van der Waals surface area contributed by atoms with E-state index < -0.39 is 17.4 Å². The lowest BCUT2D eigenvalue weighted by atomic mass is 9.80. The number of likely N-dealkylation sites (tertiary alicyclic amines) is 1. The molecule has 7 nitrogen and oxygen atoms in total. The van der Waals surface area contributed by atoms with E-state index in [-0.39, 0.29) is 55.1 Å². The quantitative estimate of drug-likeness (QED) is 0.588. The Morgan fingerprint density at radius 1 is 1.14 bits per heavy atom. The van der Waals surface area contributed by atoms with Crippen molar-refractivity contribution in [2.45, 2.75) is 97.1 Å². The van der Waals surface area contributed by atoms with Crippen LogP contribution in [-0.4, -0.2) is 84.3 Å². The molecule has 9 heteroatoms. The van der Waals surface area contributed by atoms with Gasteiger partial charge in [-0.25, -0.2) is 13.6 Å². The molecular formula is C27H47F2N3O4. The van der Waals surface area contributed by atoms with Crippen molar-refractivity contribution >= 4 is 11.9 Å². The van der Waals surface area contributed by atoms with Gasteiger partial charge in [-0.05, 0) is 63.7 Å². The molecule has 3 aliphatic rings. The van der Waals surface area contributed by atoms with Crippen molar-refractivity contribution in [1.82, 2.24) is 15.1 Å². The molecule has 2 N–H and O–H groups in total. The number of carbonyl (C=O) groups excluding carboxylic acids is 2. The number of aliphatic hydroxyl groups excluding tert-OH is 1. The number of aliphatic hydroxyl groups is 1. The molecule has 2 heterocycles. The number of urea groups is 1. The van der Waals surface area contributed by atoms with Gasteiger partial charge in [0.2, 0.25) is 11.8 Å². The number of carbonyl (C=O) groups is 2. The Morgan fingerprint density at radius 2 is 1.83 bits per heavy atom. The standard InChI is InChI=1S/C27H47F2N3O4/c1-19(2)30-25(35)31-12-9-21-14-24(34)32(15-20-7-10-27(28,29)11-8-20)17-23(33)26(3,4)18-36-13-5-6-22(21)16-31/h19-23,33H,5-18H2,1-4H3,(H,30,35)/t21-,22-,23-/m0/s1. The van der Waals surface area contributed by atoms with Crippen molar-refractivity contribution in [3.8, 4) is 0 Å². The van der Waals surface area contributed by atoms with Crippen LogP contribution in [0, 0.1) is 23.2 Å². The predicted molar refractivity (Wildman–Crippen MR) is 135 cm³/mol. The molecule has 0 aromatic heterocycles. The van der Waals surface area contributed by atoms with Crippen LogP contribution in [0.15, 0.2) is 0 Å². The third-order valence-electron chi connectivity index (χ3n) is 8.33. The summed E-state index contributed by atoms with van der Waals surface area (Å²) in [7, 11) is 0. The van der Waals surface area contributed by atoms with Gasteiger partial charge in [-0.1, -0.05) is 13.8 Å². The zero-order valence-corrected chi connectivity index (χ0v) is 22.6. The summed E-state index contributed by atoms with van der Waals surface area (Å²) in [4.78, 5) is 29.9. The number of β-amino-alcohol motifs (C(OH)–C–C–N with tert-alkyl or cyclic N) is 1. The number of rotatable bonds is 3. The summed E-state index contributed by atoms with van der Waals surface area (Å²) >= 11 is 0. The molecule has 208 valence electrons. The Kier molecular flexibility index (Phi) is 10.00. The fourth-order valence-electron chi connectivity index (χ4n) is 5.76. The van der Waals surface area contributed by atoms with Crippen LogP contribution in [0.4, 0.5) is 13.6 Å². The molecule has 2 aliphatic heterocycles. The van der Waals surface area contributed by atoms with Gasteiger partial charge in [-0.3, -0.25) is 4.79 Å². The van der Waals surface area contributed by atoms with Gasteiger partial charge in [0, 0.05) is 63.5 Å². The number of hydrogen-bond acceptors (Lipinski definition) is 4. The highest BCUT2D eigenvalue weighted by atomic mass is 19.3. The number of halogens is 2. The maximum absolute atomic E-state index is 13.7. The van der Waals surface area contributed by atoms with E-state index in [1.54, 1.807) is 4.90 Å². The maximum Gasteiger partial charge on any atom is 0.317 e. The lowest BCUT2D eigenvalue weighted by Gasteiger charge is -2.40. The van der Waals surface area contributed by atoms with Gasteiger partial charge in [0.25, 0.3) is 0 Å². The van der Waals surface area contributed by atoms with Crippen LogP contribution in [0.5, 0.6) is 0 Å². The van der Waals surface area contributed by atoms with Crippen molar-refractivity contribution in [3.05, 3.63) is 0 Å². The SMILES string of the molecule is CC(C)NC(=O)N1CC[C@H]2CC(=O)N(CC3CCC(F)(F)CC3)C[C@H](O)C(C)(C)COCCC[C@H]2C1. The molecule has 0 aromatic carbocycles. The van der Waals surface area contributed by atoms with E-state index in [0.29, 0.717) is 52.1 Å². The highest BCUT2D eigenvalue weighted by Crippen LogP contribution is 2.37. The van der Waals surface area contributed by atoms with Crippen LogP contribution in [-0.2, 0) is 9.53 Å². The fraction of sp³-hybridized carbons (Fsp3) is 0.926. The van der Waals surface area contributed by atoms with Crippen molar-refractivity contribution < 1.29 is 28.2 Å². The van der Waals surface area contributed by atoms with Crippen LogP contribution in [0.2, 0.25) is 0 Å². The Morgan fingerprint density at radius 3 is 2.50 bits per heavy atom. The normalized spacial score (nSPS) is 30.7. The van der Waals surface area contributed by atoms with Crippen LogP contribution in [0.3, 0.4) is 0 Å². The van der Waals surface area contributed by atoms with Crippen LogP contribution in [0.25, 0.3) is 0 Å². The Labute approximate surface area is 215 Å². The predicted octanol–water partition coefficient (Wildman–Crippen LogP) is 4.28. The molecule has 2 saturated heterocycles. The first kappa shape index (κ1) is 29.1. The summed E-state index contributed by atoms with van der Waals surface area (Å²) in [5.74, 6) is -2.27. The summed E-state index contributed by atoms with van der Waals surface area (Å²) in [5.41, 5.74) is -0.537. The summed E-state index contributed by atoms with van der Waals surface area (Å²) in [5, 5.41) is 14.0. The lowest BCUT2D eigenvalue weighted by Crippen LogP contribution is -2.51. The van der Waals surface area contributed by atoms with Gasteiger partial charge in [0.15, 0.2) is 0 Å². The van der Waals surface area contributed by atoms with E-state index in [1.165, 1.54) is 0 Å². The monoisotopic (exact) mass is 515 g/mol. The van der Waals surface area contributed by atoms with E-state index in [0.717, 1.165) is 19.3 Å². The average Bonchev–Trinajstić information content (AvgIpc) is 2.79. The molecule has 1 saturated carbocycles. The summed E-state index contributed by atoms with van der Waals surface area (Å²) < 4.78 is 33.4. The van der Waals surface area contributed by atoms with Crippen molar-refractivity contribution in [1.29, 1.82) is 0 Å². The molecule has 3 amide bonds. The number of nitrogens with one attached hydrogen (secondary N) is 1. The number of amides is 3. The Bertz CT molecular complexity index is 739. The van der Waals surface area contributed by atoms with Crippen molar-refractivity contribution in [2.24, 2.45) is 23.2 Å². The Hall–Kier alpha value is -1.48. The molecule has 36 heavy (non-hydrogen) atoms. The number of ether oxygens (including phenoxy) is 1. The molecule has 3 atom stereocenters. The molecule has 3 fully saturated rings. The average molecular weight is 516 g/mol. The topological polar surface area (TPSA) is 82.1 Å². The first-order valence-corrected chi connectivity index (χ1v) is 13.8. The minimum Gasteiger partial charge on any atom is -0.391 e. The zero-order chi connectivity index (χ0) is 26.5. The maximum atomic E-state index is 13.7. The highest BCUT2D eigenvalue weighted by Gasteiger charge is 2.39. The summed E-state index contributed by atoms with van der Waals surface area (Å²) in [6.07, 6.45) is 2.55. The first-order valence-electron chi connectivity index (χ1n) is 13.8. The summed E-state index contributed by atoms with van der Waals surface area (Å²) in [6, 6.07) is 0.00267. The van der Waals surface area contributed by atoms with E-state index in [2.05, 4.69) is 5.32 Å². The minimum absolute atomic E-state index is 0.0163. The number of piperidine rings is 1. The van der Waals surface area contributed by atoms with E-state index >= 15 is 0 Å². The Balaban J connectivity index is 1.74. The number of fused-ring (bicyclic) bond motifs is 1. The second-order valence-corrected chi connectivity index (χ2v) is 12.4. The third kappa shape index (κ3) is 8.27. The highest BCUT2D eigenvalue weighted by molar-refractivity contribution is 5.77. The fourth-order valence-corrected chi connectivity index (χ4v) is 5.76. The van der Waals surface area contributed by atoms with Gasteiger partial charge in [0.05, 0.1) is 12.7 Å². The van der Waals surface area contributed by atoms with Gasteiger partial charge >= 0.3 is 6.03 Å².